The number of aryl methyl sites for hydroxylation is 1. The number of unbranched alkanes of at least 4 members (excludes halogenated alkanes) is 8. The second-order valence-corrected chi connectivity index (χ2v) is 8.21. The second-order valence-electron chi connectivity index (χ2n) is 6.56. The summed E-state index contributed by atoms with van der Waals surface area (Å²) in [6.07, 6.45) is 10.4. The van der Waals surface area contributed by atoms with Crippen LogP contribution in [0.1, 0.15) is 76.7 Å². The monoisotopic (exact) mass is 369 g/mol. The van der Waals surface area contributed by atoms with E-state index < -0.39 is 15.9 Å². The minimum absolute atomic E-state index is 0.0621. The lowest BCUT2D eigenvalue weighted by atomic mass is 10.1. The summed E-state index contributed by atoms with van der Waals surface area (Å²) in [6, 6.07) is 4.08. The van der Waals surface area contributed by atoms with Gasteiger partial charge in [-0.3, -0.25) is 4.79 Å². The average molecular weight is 370 g/mol. The molecule has 0 radical (unpaired) electrons. The van der Waals surface area contributed by atoms with Crippen LogP contribution in [0.4, 0.5) is 0 Å². The number of aromatic hydroxyl groups is 1. The fourth-order valence-corrected chi connectivity index (χ4v) is 4.01. The Hall–Kier alpha value is -1.56. The van der Waals surface area contributed by atoms with E-state index in [1.807, 2.05) is 0 Å². The highest BCUT2D eigenvalue weighted by atomic mass is 32.2. The van der Waals surface area contributed by atoms with Crippen molar-refractivity contribution < 1.29 is 18.3 Å². The fourth-order valence-electron chi connectivity index (χ4n) is 2.73. The lowest BCUT2D eigenvalue weighted by Crippen LogP contribution is -2.30. The summed E-state index contributed by atoms with van der Waals surface area (Å²) in [7, 11) is -3.93. The molecule has 0 bridgehead atoms. The van der Waals surface area contributed by atoms with Crippen molar-refractivity contribution in [3.05, 3.63) is 23.8 Å². The molecule has 0 unspecified atom stereocenters. The molecule has 0 fully saturated rings. The first-order valence-corrected chi connectivity index (χ1v) is 10.7. The van der Waals surface area contributed by atoms with Gasteiger partial charge in [-0.15, -0.1) is 0 Å². The number of hydrogen-bond acceptors (Lipinski definition) is 4. The first-order chi connectivity index (χ1) is 11.9. The van der Waals surface area contributed by atoms with E-state index in [1.165, 1.54) is 50.7 Å². The van der Waals surface area contributed by atoms with Crippen molar-refractivity contribution in [3.8, 4) is 5.75 Å². The number of rotatable bonds is 12. The molecule has 142 valence electrons. The molecule has 0 spiro atoms. The minimum atomic E-state index is -3.93. The molecule has 0 aromatic heterocycles. The molecule has 25 heavy (non-hydrogen) atoms. The second kappa shape index (κ2) is 11.1. The Bertz CT molecular complexity index is 641. The van der Waals surface area contributed by atoms with E-state index in [4.69, 9.17) is 0 Å². The normalized spacial score (nSPS) is 11.4. The van der Waals surface area contributed by atoms with E-state index in [0.29, 0.717) is 12.0 Å². The Labute approximate surface area is 151 Å². The number of hydrogen-bond donors (Lipinski definition) is 2. The predicted molar refractivity (Wildman–Crippen MR) is 100 cm³/mol. The van der Waals surface area contributed by atoms with Crippen molar-refractivity contribution in [2.24, 2.45) is 0 Å². The Kier molecular flexibility index (Phi) is 9.57. The fraction of sp³-hybridized carbons (Fsp3) is 0.632. The number of amides is 1. The quantitative estimate of drug-likeness (QED) is 0.534. The summed E-state index contributed by atoms with van der Waals surface area (Å²) in [5, 5.41) is 9.45. The molecule has 6 heteroatoms. The van der Waals surface area contributed by atoms with Gasteiger partial charge in [-0.1, -0.05) is 64.4 Å². The Morgan fingerprint density at radius 1 is 1.00 bits per heavy atom. The van der Waals surface area contributed by atoms with Crippen molar-refractivity contribution in [2.45, 2.75) is 83.0 Å². The standard InChI is InChI=1S/C19H31NO4S/c1-3-4-5-6-7-8-9-10-11-12-19(22)20-25(23,24)18-15-17(21)14-13-16(18)2/h13-15,21H,3-12H2,1-2H3,(H,20,22). The van der Waals surface area contributed by atoms with Crippen molar-refractivity contribution in [1.82, 2.24) is 4.72 Å². The van der Waals surface area contributed by atoms with E-state index in [0.717, 1.165) is 18.9 Å². The zero-order valence-electron chi connectivity index (χ0n) is 15.4. The number of carbonyl (C=O) groups is 1. The molecule has 0 aliphatic carbocycles. The summed E-state index contributed by atoms with van der Waals surface area (Å²) in [5.41, 5.74) is 0.487. The van der Waals surface area contributed by atoms with Gasteiger partial charge in [-0.25, -0.2) is 13.1 Å². The molecule has 0 aliphatic rings. The van der Waals surface area contributed by atoms with Crippen LogP contribution in [0.5, 0.6) is 5.75 Å². The highest BCUT2D eigenvalue weighted by Gasteiger charge is 2.20. The molecule has 1 rings (SSSR count). The van der Waals surface area contributed by atoms with Gasteiger partial charge in [0.25, 0.3) is 10.0 Å². The molecular weight excluding hydrogens is 338 g/mol. The molecular formula is C19H31NO4S. The Morgan fingerprint density at radius 2 is 1.56 bits per heavy atom. The van der Waals surface area contributed by atoms with Gasteiger partial charge < -0.3 is 5.11 Å². The molecule has 1 aromatic rings. The van der Waals surface area contributed by atoms with E-state index in [1.54, 1.807) is 6.92 Å². The Morgan fingerprint density at radius 3 is 2.16 bits per heavy atom. The van der Waals surface area contributed by atoms with Crippen molar-refractivity contribution in [1.29, 1.82) is 0 Å². The maximum atomic E-state index is 12.2. The summed E-state index contributed by atoms with van der Waals surface area (Å²) < 4.78 is 26.6. The van der Waals surface area contributed by atoms with Crippen molar-refractivity contribution in [2.75, 3.05) is 0 Å². The van der Waals surface area contributed by atoms with E-state index in [2.05, 4.69) is 11.6 Å². The zero-order chi connectivity index (χ0) is 18.7. The number of sulfonamides is 1. The van der Waals surface area contributed by atoms with Gasteiger partial charge in [0.1, 0.15) is 5.75 Å². The van der Waals surface area contributed by atoms with Gasteiger partial charge in [0.05, 0.1) is 4.90 Å². The van der Waals surface area contributed by atoms with Crippen LogP contribution in [0.25, 0.3) is 0 Å². The topological polar surface area (TPSA) is 83.5 Å². The summed E-state index contributed by atoms with van der Waals surface area (Å²) in [6.45, 7) is 3.83. The lowest BCUT2D eigenvalue weighted by Gasteiger charge is -2.09. The number of phenolic OH excluding ortho intramolecular Hbond substituents is 1. The molecule has 0 atom stereocenters. The predicted octanol–water partition coefficient (Wildman–Crippen LogP) is 4.43. The summed E-state index contributed by atoms with van der Waals surface area (Å²) >= 11 is 0. The number of nitrogens with one attached hydrogen (secondary N) is 1. The first kappa shape index (κ1) is 21.5. The van der Waals surface area contributed by atoms with Crippen molar-refractivity contribution >= 4 is 15.9 Å². The smallest absolute Gasteiger partial charge is 0.264 e. The molecule has 0 saturated heterocycles. The number of phenols is 1. The zero-order valence-corrected chi connectivity index (χ0v) is 16.2. The summed E-state index contributed by atoms with van der Waals surface area (Å²) in [4.78, 5) is 11.8. The van der Waals surface area contributed by atoms with Crippen LogP contribution in [-0.2, 0) is 14.8 Å². The van der Waals surface area contributed by atoms with E-state index in [-0.39, 0.29) is 17.1 Å². The van der Waals surface area contributed by atoms with Gasteiger partial charge in [0.15, 0.2) is 0 Å². The summed E-state index contributed by atoms with van der Waals surface area (Å²) in [5.74, 6) is -0.636. The third-order valence-corrected chi connectivity index (χ3v) is 5.73. The highest BCUT2D eigenvalue weighted by Crippen LogP contribution is 2.20. The van der Waals surface area contributed by atoms with Crippen LogP contribution < -0.4 is 4.72 Å². The van der Waals surface area contributed by atoms with Crippen LogP contribution >= 0.6 is 0 Å². The lowest BCUT2D eigenvalue weighted by molar-refractivity contribution is -0.119. The molecule has 1 aromatic carbocycles. The van der Waals surface area contributed by atoms with Gasteiger partial charge >= 0.3 is 0 Å². The third kappa shape index (κ3) is 8.38. The van der Waals surface area contributed by atoms with Gasteiger partial charge in [0.2, 0.25) is 5.91 Å². The minimum Gasteiger partial charge on any atom is -0.508 e. The maximum absolute atomic E-state index is 12.2. The van der Waals surface area contributed by atoms with Crippen LogP contribution in [0.2, 0.25) is 0 Å². The first-order valence-electron chi connectivity index (χ1n) is 9.22. The van der Waals surface area contributed by atoms with Crippen molar-refractivity contribution in [3.63, 3.8) is 0 Å². The van der Waals surface area contributed by atoms with Crippen LogP contribution in [0.15, 0.2) is 23.1 Å². The number of benzene rings is 1. The molecule has 0 saturated carbocycles. The van der Waals surface area contributed by atoms with Crippen LogP contribution in [-0.4, -0.2) is 19.4 Å². The van der Waals surface area contributed by atoms with Crippen LogP contribution in [0, 0.1) is 6.92 Å². The molecule has 2 N–H and O–H groups in total. The van der Waals surface area contributed by atoms with Gasteiger partial charge in [-0.2, -0.15) is 0 Å². The maximum Gasteiger partial charge on any atom is 0.264 e. The molecule has 0 aliphatic heterocycles. The SMILES string of the molecule is CCCCCCCCCCCC(=O)NS(=O)(=O)c1cc(O)ccc1C. The van der Waals surface area contributed by atoms with Gasteiger partial charge in [-0.05, 0) is 25.0 Å². The van der Waals surface area contributed by atoms with E-state index >= 15 is 0 Å². The largest absolute Gasteiger partial charge is 0.508 e. The third-order valence-electron chi connectivity index (χ3n) is 4.22. The molecule has 1 amide bonds. The highest BCUT2D eigenvalue weighted by molar-refractivity contribution is 7.90. The molecule has 0 heterocycles. The van der Waals surface area contributed by atoms with Crippen LogP contribution in [0.3, 0.4) is 0 Å². The number of carbonyl (C=O) groups excluding carboxylic acids is 1. The molecule has 5 nitrogen and oxygen atoms in total. The Balaban J connectivity index is 2.29. The van der Waals surface area contributed by atoms with Gasteiger partial charge in [0, 0.05) is 12.5 Å². The average Bonchev–Trinajstić information content (AvgIpc) is 2.55. The van der Waals surface area contributed by atoms with E-state index in [9.17, 15) is 18.3 Å².